The molecule has 1 heterocycles. The molecule has 0 N–H and O–H groups in total. The molecule has 3 aromatic carbocycles. The Morgan fingerprint density at radius 1 is 0.692 bits per heavy atom. The number of pyridine rings is 1. The first kappa shape index (κ1) is 17.2. The van der Waals surface area contributed by atoms with Gasteiger partial charge in [-0.15, -0.1) is 0 Å². The zero-order chi connectivity index (χ0) is 17.8. The number of benzene rings is 3. The lowest BCUT2D eigenvalue weighted by molar-refractivity contribution is 0.799. The maximum atomic E-state index is 4.98. The molecule has 0 spiro atoms. The second-order valence-electron chi connectivity index (χ2n) is 6.47. The first-order valence-corrected chi connectivity index (χ1v) is 10.1. The van der Waals surface area contributed by atoms with Gasteiger partial charge in [-0.3, -0.25) is 4.98 Å². The zero-order valence-corrected chi connectivity index (χ0v) is 16.7. The summed E-state index contributed by atoms with van der Waals surface area (Å²) in [6.07, 6.45) is 3.20. The van der Waals surface area contributed by atoms with Gasteiger partial charge in [-0.25, -0.2) is 0 Å². The summed E-state index contributed by atoms with van der Waals surface area (Å²) in [4.78, 5) is 4.98. The van der Waals surface area contributed by atoms with Crippen LogP contribution in [0, 0.1) is 3.57 Å². The van der Waals surface area contributed by atoms with Crippen molar-refractivity contribution in [1.82, 2.24) is 4.98 Å². The summed E-state index contributed by atoms with van der Waals surface area (Å²) >= 11 is 2.48. The van der Waals surface area contributed by atoms with Gasteiger partial charge in [0.2, 0.25) is 0 Å². The van der Waals surface area contributed by atoms with Crippen LogP contribution in [0.4, 0.5) is 0 Å². The van der Waals surface area contributed by atoms with Crippen LogP contribution in [-0.4, -0.2) is 4.98 Å². The molecule has 0 saturated heterocycles. The average Bonchev–Trinajstić information content (AvgIpc) is 2.70. The number of hydrogen-bond acceptors (Lipinski definition) is 1. The summed E-state index contributed by atoms with van der Waals surface area (Å²) < 4.78 is 1.28. The van der Waals surface area contributed by atoms with Crippen molar-refractivity contribution in [3.05, 3.63) is 99.8 Å². The molecule has 0 atom stereocenters. The molecule has 4 rings (SSSR count). The molecule has 2 heteroatoms. The van der Waals surface area contributed by atoms with Gasteiger partial charge in [0.15, 0.2) is 0 Å². The molecule has 0 amide bonds. The monoisotopic (exact) mass is 449 g/mol. The summed E-state index contributed by atoms with van der Waals surface area (Å²) in [6.45, 7) is 0. The van der Waals surface area contributed by atoms with Crippen LogP contribution in [-0.2, 0) is 12.8 Å². The lowest BCUT2D eigenvalue weighted by atomic mass is 9.98. The predicted molar refractivity (Wildman–Crippen MR) is 118 cm³/mol. The van der Waals surface area contributed by atoms with E-state index in [-0.39, 0.29) is 0 Å². The second-order valence-corrected chi connectivity index (χ2v) is 7.55. The number of hydrogen-bond donors (Lipinski definition) is 0. The van der Waals surface area contributed by atoms with Crippen molar-refractivity contribution >= 4 is 33.5 Å². The predicted octanol–water partition coefficient (Wildman–Crippen LogP) is 6.68. The summed E-state index contributed by atoms with van der Waals surface area (Å²) in [6, 6.07) is 29.8. The number of para-hydroxylation sites is 1. The molecular formula is C24H20IN. The molecule has 4 aromatic rings. The standard InChI is InChI=1S/C24H20IN/c25-24-22(17-9-12-18-10-3-1-4-11-18)26-21-16-8-7-15-20(21)23(24)19-13-5-2-6-14-19/h1-8,10-11,13-16H,9,12,17H2. The van der Waals surface area contributed by atoms with Crippen LogP contribution in [0.2, 0.25) is 0 Å². The van der Waals surface area contributed by atoms with E-state index in [0.717, 1.165) is 24.8 Å². The van der Waals surface area contributed by atoms with Gasteiger partial charge < -0.3 is 0 Å². The minimum absolute atomic E-state index is 0.998. The first-order valence-electron chi connectivity index (χ1n) is 8.99. The highest BCUT2D eigenvalue weighted by atomic mass is 127. The van der Waals surface area contributed by atoms with E-state index in [1.54, 1.807) is 0 Å². The van der Waals surface area contributed by atoms with E-state index >= 15 is 0 Å². The quantitative estimate of drug-likeness (QED) is 0.310. The third-order valence-electron chi connectivity index (χ3n) is 4.69. The van der Waals surface area contributed by atoms with Crippen LogP contribution in [0.25, 0.3) is 22.0 Å². The topological polar surface area (TPSA) is 12.9 Å². The van der Waals surface area contributed by atoms with Crippen LogP contribution in [0.1, 0.15) is 17.7 Å². The number of nitrogens with zero attached hydrogens (tertiary/aromatic N) is 1. The third kappa shape index (κ3) is 3.65. The maximum absolute atomic E-state index is 4.98. The van der Waals surface area contributed by atoms with Gasteiger partial charge in [0, 0.05) is 14.5 Å². The van der Waals surface area contributed by atoms with E-state index in [1.165, 1.54) is 31.3 Å². The fourth-order valence-electron chi connectivity index (χ4n) is 3.40. The maximum Gasteiger partial charge on any atom is 0.0712 e. The molecule has 1 aromatic heterocycles. The summed E-state index contributed by atoms with van der Waals surface area (Å²) in [5.41, 5.74) is 6.26. The minimum atomic E-state index is 0.998. The van der Waals surface area contributed by atoms with Gasteiger partial charge >= 0.3 is 0 Å². The van der Waals surface area contributed by atoms with E-state index < -0.39 is 0 Å². The first-order chi connectivity index (χ1) is 12.8. The molecular weight excluding hydrogens is 429 g/mol. The highest BCUT2D eigenvalue weighted by Gasteiger charge is 2.14. The third-order valence-corrected chi connectivity index (χ3v) is 5.85. The minimum Gasteiger partial charge on any atom is -0.252 e. The molecule has 0 saturated carbocycles. The zero-order valence-electron chi connectivity index (χ0n) is 14.5. The normalized spacial score (nSPS) is 11.0. The highest BCUT2D eigenvalue weighted by molar-refractivity contribution is 14.1. The molecule has 0 radical (unpaired) electrons. The Hall–Kier alpha value is -2.20. The van der Waals surface area contributed by atoms with E-state index in [1.807, 2.05) is 0 Å². The van der Waals surface area contributed by atoms with Gasteiger partial charge in [0.25, 0.3) is 0 Å². The lowest BCUT2D eigenvalue weighted by Gasteiger charge is -2.14. The number of halogens is 1. The molecule has 0 aliphatic rings. The van der Waals surface area contributed by atoms with Crippen LogP contribution >= 0.6 is 22.6 Å². The Balaban J connectivity index is 1.70. The fraction of sp³-hybridized carbons (Fsp3) is 0.125. The van der Waals surface area contributed by atoms with Crippen molar-refractivity contribution < 1.29 is 0 Å². The number of aromatic nitrogens is 1. The Bertz CT molecular complexity index is 1010. The van der Waals surface area contributed by atoms with Crippen LogP contribution in [0.3, 0.4) is 0 Å². The molecule has 26 heavy (non-hydrogen) atoms. The summed E-state index contributed by atoms with van der Waals surface area (Å²) in [5.74, 6) is 0. The number of fused-ring (bicyclic) bond motifs is 1. The molecule has 0 bridgehead atoms. The largest absolute Gasteiger partial charge is 0.252 e. The van der Waals surface area contributed by atoms with Gasteiger partial charge in [0.05, 0.1) is 11.2 Å². The van der Waals surface area contributed by atoms with E-state index in [2.05, 4.69) is 108 Å². The van der Waals surface area contributed by atoms with Crippen molar-refractivity contribution in [3.63, 3.8) is 0 Å². The summed E-state index contributed by atoms with van der Waals surface area (Å²) in [5, 5.41) is 1.23. The van der Waals surface area contributed by atoms with Crippen LogP contribution in [0.15, 0.2) is 84.9 Å². The molecule has 0 fully saturated rings. The summed E-state index contributed by atoms with van der Waals surface area (Å²) in [7, 11) is 0. The molecule has 1 nitrogen and oxygen atoms in total. The van der Waals surface area contributed by atoms with Crippen LogP contribution < -0.4 is 0 Å². The van der Waals surface area contributed by atoms with Crippen molar-refractivity contribution in [2.24, 2.45) is 0 Å². The second kappa shape index (κ2) is 8.00. The Morgan fingerprint density at radius 2 is 1.35 bits per heavy atom. The molecule has 0 aliphatic heterocycles. The Kier molecular flexibility index (Phi) is 5.30. The Morgan fingerprint density at radius 3 is 2.12 bits per heavy atom. The van der Waals surface area contributed by atoms with Crippen molar-refractivity contribution in [3.8, 4) is 11.1 Å². The van der Waals surface area contributed by atoms with Crippen molar-refractivity contribution in [1.29, 1.82) is 0 Å². The van der Waals surface area contributed by atoms with Crippen molar-refractivity contribution in [2.75, 3.05) is 0 Å². The van der Waals surface area contributed by atoms with E-state index in [4.69, 9.17) is 4.98 Å². The SMILES string of the molecule is Ic1c(CCCc2ccccc2)nc2ccccc2c1-c1ccccc1. The lowest BCUT2D eigenvalue weighted by Crippen LogP contribution is -2.00. The van der Waals surface area contributed by atoms with Gasteiger partial charge in [-0.05, 0) is 59.0 Å². The van der Waals surface area contributed by atoms with Crippen molar-refractivity contribution in [2.45, 2.75) is 19.3 Å². The smallest absolute Gasteiger partial charge is 0.0712 e. The van der Waals surface area contributed by atoms with Crippen LogP contribution in [0.5, 0.6) is 0 Å². The van der Waals surface area contributed by atoms with E-state index in [9.17, 15) is 0 Å². The molecule has 0 aliphatic carbocycles. The number of rotatable bonds is 5. The van der Waals surface area contributed by atoms with Gasteiger partial charge in [-0.1, -0.05) is 78.9 Å². The van der Waals surface area contributed by atoms with E-state index in [0.29, 0.717) is 0 Å². The van der Waals surface area contributed by atoms with Gasteiger partial charge in [-0.2, -0.15) is 0 Å². The fourth-order valence-corrected chi connectivity index (χ4v) is 4.39. The average molecular weight is 449 g/mol. The molecule has 128 valence electrons. The van der Waals surface area contributed by atoms with Gasteiger partial charge in [0.1, 0.15) is 0 Å². The highest BCUT2D eigenvalue weighted by Crippen LogP contribution is 2.34. The Labute approximate surface area is 168 Å². The number of aryl methyl sites for hydroxylation is 2. The molecule has 0 unspecified atom stereocenters.